The smallest absolute Gasteiger partial charge is 0.319 e. The van der Waals surface area contributed by atoms with E-state index in [1.54, 1.807) is 24.3 Å². The Morgan fingerprint density at radius 3 is 2.63 bits per heavy atom. The van der Waals surface area contributed by atoms with Gasteiger partial charge in [0.2, 0.25) is 10.0 Å². The van der Waals surface area contributed by atoms with Gasteiger partial charge in [0.25, 0.3) is 5.69 Å². The van der Waals surface area contributed by atoms with Gasteiger partial charge in [0.1, 0.15) is 0 Å². The van der Waals surface area contributed by atoms with Gasteiger partial charge in [-0.1, -0.05) is 36.2 Å². The van der Waals surface area contributed by atoms with Gasteiger partial charge in [-0.25, -0.2) is 13.2 Å². The number of nitro groups is 1. The number of sulfonamides is 1. The van der Waals surface area contributed by atoms with E-state index in [9.17, 15) is 23.3 Å². The number of amides is 2. The number of hydrogen-bond acceptors (Lipinski definition) is 5. The Bertz CT molecular complexity index is 1030. The Morgan fingerprint density at radius 1 is 1.20 bits per heavy atom. The number of rotatable bonds is 6. The molecule has 0 spiro atoms. The average molecular weight is 453 g/mol. The van der Waals surface area contributed by atoms with E-state index < -0.39 is 37.6 Å². The summed E-state index contributed by atoms with van der Waals surface area (Å²) >= 11 is 5.81. The van der Waals surface area contributed by atoms with Crippen molar-refractivity contribution in [2.75, 3.05) is 18.4 Å². The molecule has 9 nitrogen and oxygen atoms in total. The number of nitrogens with zero attached hydrogens (tertiary/aromatic N) is 2. The van der Waals surface area contributed by atoms with Crippen LogP contribution < -0.4 is 10.6 Å². The highest BCUT2D eigenvalue weighted by Gasteiger charge is 2.37. The third-order valence-electron chi connectivity index (χ3n) is 4.81. The van der Waals surface area contributed by atoms with Crippen molar-refractivity contribution in [2.24, 2.45) is 0 Å². The van der Waals surface area contributed by atoms with Gasteiger partial charge in [-0.2, -0.15) is 4.31 Å². The molecule has 2 aromatic carbocycles. The fourth-order valence-corrected chi connectivity index (χ4v) is 5.38. The predicted molar refractivity (Wildman–Crippen MR) is 113 cm³/mol. The Labute approximate surface area is 179 Å². The summed E-state index contributed by atoms with van der Waals surface area (Å²) in [7, 11) is -4.15. The first kappa shape index (κ1) is 22.0. The molecule has 2 N–H and O–H groups in total. The standard InChI is InChI=1S/C19H21ClN4O5S/c20-14-9-10-18(17(12-14)24(26)27)30(28,29)23-11-5-4-8-16(23)13-21-19(25)22-15-6-2-1-3-7-15/h1-3,6-7,9-10,12,16H,4-5,8,11,13H2,(H2,21,22,25). The van der Waals surface area contributed by atoms with Crippen LogP contribution in [0.1, 0.15) is 19.3 Å². The molecule has 0 saturated carbocycles. The first-order valence-electron chi connectivity index (χ1n) is 9.35. The molecule has 0 bridgehead atoms. The number of carbonyl (C=O) groups is 1. The topological polar surface area (TPSA) is 122 Å². The maximum Gasteiger partial charge on any atom is 0.319 e. The normalized spacial score (nSPS) is 17.3. The monoisotopic (exact) mass is 452 g/mol. The number of hydrogen-bond donors (Lipinski definition) is 2. The third kappa shape index (κ3) is 5.07. The lowest BCUT2D eigenvalue weighted by molar-refractivity contribution is -0.387. The molecule has 160 valence electrons. The molecule has 1 saturated heterocycles. The van der Waals surface area contributed by atoms with Gasteiger partial charge in [0, 0.05) is 35.9 Å². The van der Waals surface area contributed by atoms with Gasteiger partial charge in [0.15, 0.2) is 4.90 Å². The molecule has 2 aromatic rings. The van der Waals surface area contributed by atoms with E-state index in [-0.39, 0.29) is 18.1 Å². The van der Waals surface area contributed by atoms with Gasteiger partial charge in [0.05, 0.1) is 4.92 Å². The van der Waals surface area contributed by atoms with Crippen molar-refractivity contribution in [3.05, 3.63) is 63.7 Å². The van der Waals surface area contributed by atoms with Gasteiger partial charge < -0.3 is 10.6 Å². The van der Waals surface area contributed by atoms with Crippen molar-refractivity contribution < 1.29 is 18.1 Å². The average Bonchev–Trinajstić information content (AvgIpc) is 2.73. The van der Waals surface area contributed by atoms with Gasteiger partial charge >= 0.3 is 6.03 Å². The van der Waals surface area contributed by atoms with Crippen LogP contribution in [0.3, 0.4) is 0 Å². The Hall–Kier alpha value is -2.69. The van der Waals surface area contributed by atoms with Gasteiger partial charge in [-0.3, -0.25) is 10.1 Å². The minimum atomic E-state index is -4.15. The Kier molecular flexibility index (Phi) is 6.91. The van der Waals surface area contributed by atoms with Crippen LogP contribution in [0, 0.1) is 10.1 Å². The Balaban J connectivity index is 1.76. The van der Waals surface area contributed by atoms with E-state index in [4.69, 9.17) is 11.6 Å². The molecule has 30 heavy (non-hydrogen) atoms. The van der Waals surface area contributed by atoms with Gasteiger partial charge in [-0.15, -0.1) is 0 Å². The lowest BCUT2D eigenvalue weighted by Gasteiger charge is -2.34. The summed E-state index contributed by atoms with van der Waals surface area (Å²) in [6.45, 7) is 0.300. The summed E-state index contributed by atoms with van der Waals surface area (Å²) < 4.78 is 27.7. The number of nitrogens with one attached hydrogen (secondary N) is 2. The van der Waals surface area contributed by atoms with Crippen LogP contribution in [0.2, 0.25) is 5.02 Å². The van der Waals surface area contributed by atoms with E-state index in [2.05, 4.69) is 10.6 Å². The second-order valence-corrected chi connectivity index (χ2v) is 9.13. The van der Waals surface area contributed by atoms with E-state index in [0.29, 0.717) is 18.5 Å². The number of carbonyl (C=O) groups excluding carboxylic acids is 1. The zero-order valence-corrected chi connectivity index (χ0v) is 17.5. The molecule has 1 unspecified atom stereocenters. The summed E-state index contributed by atoms with van der Waals surface area (Å²) in [5.41, 5.74) is 0.0431. The van der Waals surface area contributed by atoms with Gasteiger partial charge in [-0.05, 0) is 37.1 Å². The zero-order valence-electron chi connectivity index (χ0n) is 16.0. The van der Waals surface area contributed by atoms with E-state index in [1.165, 1.54) is 10.4 Å². The van der Waals surface area contributed by atoms with Crippen LogP contribution >= 0.6 is 11.6 Å². The van der Waals surface area contributed by atoms with Crippen molar-refractivity contribution >= 4 is 39.0 Å². The van der Waals surface area contributed by atoms with E-state index >= 15 is 0 Å². The van der Waals surface area contributed by atoms with Crippen LogP contribution in [0.4, 0.5) is 16.2 Å². The largest absolute Gasteiger partial charge is 0.336 e. The molecule has 3 rings (SSSR count). The van der Waals surface area contributed by atoms with Crippen LogP contribution in [0.5, 0.6) is 0 Å². The van der Waals surface area contributed by atoms with E-state index in [1.807, 2.05) is 6.07 Å². The molecule has 2 amide bonds. The molecule has 1 fully saturated rings. The highest BCUT2D eigenvalue weighted by Crippen LogP contribution is 2.32. The third-order valence-corrected chi connectivity index (χ3v) is 7.04. The molecule has 1 aliphatic rings. The molecule has 1 aliphatic heterocycles. The fraction of sp³-hybridized carbons (Fsp3) is 0.316. The minimum absolute atomic E-state index is 0.0788. The number of halogens is 1. The lowest BCUT2D eigenvalue weighted by Crippen LogP contribution is -2.49. The van der Waals surface area contributed by atoms with Crippen molar-refractivity contribution in [3.63, 3.8) is 0 Å². The predicted octanol–water partition coefficient (Wildman–Crippen LogP) is 3.61. The first-order valence-corrected chi connectivity index (χ1v) is 11.2. The fourth-order valence-electron chi connectivity index (χ4n) is 3.38. The summed E-state index contributed by atoms with van der Waals surface area (Å²) in [5.74, 6) is 0. The zero-order chi connectivity index (χ0) is 21.7. The quantitative estimate of drug-likeness (QED) is 0.512. The van der Waals surface area contributed by atoms with Crippen molar-refractivity contribution in [2.45, 2.75) is 30.2 Å². The summed E-state index contributed by atoms with van der Waals surface area (Å²) in [6, 6.07) is 11.4. The van der Waals surface area contributed by atoms with Crippen molar-refractivity contribution in [3.8, 4) is 0 Å². The van der Waals surface area contributed by atoms with Crippen molar-refractivity contribution in [1.82, 2.24) is 9.62 Å². The maximum atomic E-state index is 13.2. The molecule has 0 aromatic heterocycles. The molecular formula is C19H21ClN4O5S. The summed E-state index contributed by atoms with van der Waals surface area (Å²) in [6.07, 6.45) is 1.96. The number of piperidine rings is 1. The molecule has 0 radical (unpaired) electrons. The molecule has 11 heteroatoms. The number of para-hydroxylation sites is 1. The number of nitro benzene ring substituents is 1. The van der Waals surface area contributed by atoms with Crippen LogP contribution in [-0.2, 0) is 10.0 Å². The second-order valence-electron chi connectivity index (χ2n) is 6.84. The van der Waals surface area contributed by atoms with Crippen molar-refractivity contribution in [1.29, 1.82) is 0 Å². The maximum absolute atomic E-state index is 13.2. The SMILES string of the molecule is O=C(NCC1CCCCN1S(=O)(=O)c1ccc(Cl)cc1[N+](=O)[O-])Nc1ccccc1. The van der Waals surface area contributed by atoms with Crippen LogP contribution in [0.15, 0.2) is 53.4 Å². The molecule has 1 heterocycles. The second kappa shape index (κ2) is 9.41. The Morgan fingerprint density at radius 2 is 1.93 bits per heavy atom. The van der Waals surface area contributed by atoms with Crippen LogP contribution in [0.25, 0.3) is 0 Å². The molecule has 1 atom stereocenters. The lowest BCUT2D eigenvalue weighted by atomic mass is 10.1. The summed E-state index contributed by atoms with van der Waals surface area (Å²) in [4.78, 5) is 22.4. The summed E-state index contributed by atoms with van der Waals surface area (Å²) in [5, 5.41) is 16.8. The van der Waals surface area contributed by atoms with Crippen LogP contribution in [-0.4, -0.2) is 42.8 Å². The minimum Gasteiger partial charge on any atom is -0.336 e. The highest BCUT2D eigenvalue weighted by molar-refractivity contribution is 7.89. The first-order chi connectivity index (χ1) is 14.3. The molecule has 0 aliphatic carbocycles. The number of anilines is 1. The number of urea groups is 1. The molecular weight excluding hydrogens is 432 g/mol. The number of benzene rings is 2. The van der Waals surface area contributed by atoms with E-state index in [0.717, 1.165) is 18.6 Å². The highest BCUT2D eigenvalue weighted by atomic mass is 35.5.